The van der Waals surface area contributed by atoms with Crippen LogP contribution < -0.4 is 4.73 Å². The molecule has 0 saturated carbocycles. The van der Waals surface area contributed by atoms with Gasteiger partial charge in [0.1, 0.15) is 5.69 Å². The van der Waals surface area contributed by atoms with Crippen molar-refractivity contribution in [2.45, 2.75) is 13.8 Å². The Morgan fingerprint density at radius 1 is 0.593 bits per heavy atom. The van der Waals surface area contributed by atoms with Gasteiger partial charge in [0.25, 0.3) is 0 Å². The Labute approximate surface area is 159 Å². The van der Waals surface area contributed by atoms with E-state index in [0.717, 1.165) is 32.7 Å². The van der Waals surface area contributed by atoms with Crippen molar-refractivity contribution in [2.24, 2.45) is 0 Å². The first kappa shape index (κ1) is 17.0. The molecule has 0 N–H and O–H groups in total. The summed E-state index contributed by atoms with van der Waals surface area (Å²) in [5.41, 5.74) is 6.95. The van der Waals surface area contributed by atoms with E-state index in [9.17, 15) is 5.21 Å². The van der Waals surface area contributed by atoms with Crippen molar-refractivity contribution in [2.75, 3.05) is 0 Å². The molecule has 0 atom stereocenters. The van der Waals surface area contributed by atoms with E-state index in [-0.39, 0.29) is 0 Å². The van der Waals surface area contributed by atoms with E-state index in [0.29, 0.717) is 17.1 Å². The van der Waals surface area contributed by atoms with E-state index >= 15 is 0 Å². The van der Waals surface area contributed by atoms with Gasteiger partial charge in [0.2, 0.25) is 11.4 Å². The number of benzene rings is 2. The Kier molecular flexibility index (Phi) is 4.43. The van der Waals surface area contributed by atoms with Gasteiger partial charge in [-0.3, -0.25) is 0 Å². The van der Waals surface area contributed by atoms with Gasteiger partial charge >= 0.3 is 0 Å². The summed E-state index contributed by atoms with van der Waals surface area (Å²) in [7, 11) is 0. The van der Waals surface area contributed by atoms with E-state index in [1.165, 1.54) is 0 Å². The zero-order chi connectivity index (χ0) is 18.8. The maximum atomic E-state index is 13.1. The Hall–Kier alpha value is -3.46. The van der Waals surface area contributed by atoms with Crippen molar-refractivity contribution in [3.8, 4) is 33.9 Å². The maximum Gasteiger partial charge on any atom is 0.242 e. The molecule has 2 aromatic heterocycles. The highest BCUT2D eigenvalue weighted by molar-refractivity contribution is 5.67. The first-order valence-corrected chi connectivity index (χ1v) is 8.97. The van der Waals surface area contributed by atoms with Gasteiger partial charge in [0, 0.05) is 17.7 Å². The van der Waals surface area contributed by atoms with Crippen LogP contribution in [0.1, 0.15) is 11.1 Å². The van der Waals surface area contributed by atoms with Crippen LogP contribution in [0.2, 0.25) is 0 Å². The predicted octanol–water partition coefficient (Wildman–Crippen LogP) is 5.33. The zero-order valence-corrected chi connectivity index (χ0v) is 15.4. The lowest BCUT2D eigenvalue weighted by Gasteiger charge is -2.11. The fourth-order valence-electron chi connectivity index (χ4n) is 3.33. The monoisotopic (exact) mass is 352 g/mol. The molecule has 3 nitrogen and oxygen atoms in total. The molecule has 4 rings (SSSR count). The van der Waals surface area contributed by atoms with Crippen LogP contribution in [0, 0.1) is 19.1 Å². The molecular weight excluding hydrogens is 332 g/mol. The van der Waals surface area contributed by atoms with Crippen molar-refractivity contribution in [1.82, 2.24) is 4.98 Å². The molecule has 0 aliphatic rings. The first-order chi connectivity index (χ1) is 13.1. The lowest BCUT2D eigenvalue weighted by atomic mass is 10.0. The molecule has 0 bridgehead atoms. The fraction of sp³-hybridized carbons (Fsp3) is 0.0833. The molecule has 2 aromatic carbocycles. The van der Waals surface area contributed by atoms with Crippen LogP contribution in [-0.2, 0) is 0 Å². The second kappa shape index (κ2) is 7.04. The summed E-state index contributed by atoms with van der Waals surface area (Å²) in [4.78, 5) is 4.77. The summed E-state index contributed by atoms with van der Waals surface area (Å²) in [5, 5.41) is 13.1. The molecule has 0 aliphatic carbocycles. The minimum Gasteiger partial charge on any atom is -0.618 e. The van der Waals surface area contributed by atoms with Gasteiger partial charge in [-0.1, -0.05) is 48.5 Å². The van der Waals surface area contributed by atoms with E-state index < -0.39 is 0 Å². The largest absolute Gasteiger partial charge is 0.618 e. The van der Waals surface area contributed by atoms with Gasteiger partial charge < -0.3 is 5.21 Å². The Morgan fingerprint density at radius 3 is 1.85 bits per heavy atom. The van der Waals surface area contributed by atoms with Crippen molar-refractivity contribution in [1.29, 1.82) is 0 Å². The van der Waals surface area contributed by atoms with Crippen LogP contribution in [-0.4, -0.2) is 4.98 Å². The van der Waals surface area contributed by atoms with Crippen LogP contribution in [0.4, 0.5) is 0 Å². The highest BCUT2D eigenvalue weighted by Crippen LogP contribution is 2.26. The Morgan fingerprint density at radius 2 is 1.15 bits per heavy atom. The van der Waals surface area contributed by atoms with Gasteiger partial charge in [-0.2, -0.15) is 4.73 Å². The van der Waals surface area contributed by atoms with Gasteiger partial charge in [-0.15, -0.1) is 0 Å². The summed E-state index contributed by atoms with van der Waals surface area (Å²) >= 11 is 0. The number of hydrogen-bond donors (Lipinski definition) is 0. The molecule has 0 aliphatic heterocycles. The van der Waals surface area contributed by atoms with E-state index in [2.05, 4.69) is 19.1 Å². The molecular formula is C24H20N2O. The highest BCUT2D eigenvalue weighted by Gasteiger charge is 2.17. The minimum atomic E-state index is 0.547. The highest BCUT2D eigenvalue weighted by atomic mass is 16.5. The van der Waals surface area contributed by atoms with Crippen LogP contribution in [0.5, 0.6) is 0 Å². The number of aryl methyl sites for hydroxylation is 2. The third-order valence-corrected chi connectivity index (χ3v) is 4.80. The number of nitrogens with zero attached hydrogens (tertiary/aromatic N) is 2. The molecule has 27 heavy (non-hydrogen) atoms. The SMILES string of the molecule is Cc1ccccc1-c1cccc(-c2cccc(-c3ccccc3C)[n+]2[O-])n1. The van der Waals surface area contributed by atoms with Crippen molar-refractivity contribution in [3.05, 3.63) is 101 Å². The molecule has 3 heteroatoms. The van der Waals surface area contributed by atoms with Crippen LogP contribution in [0.3, 0.4) is 0 Å². The van der Waals surface area contributed by atoms with Crippen molar-refractivity contribution >= 4 is 0 Å². The predicted molar refractivity (Wildman–Crippen MR) is 109 cm³/mol. The lowest BCUT2D eigenvalue weighted by Crippen LogP contribution is -2.32. The standard InChI is InChI=1S/C24H20N2O/c1-17-9-3-5-11-19(17)21-13-7-14-22(25-21)24-16-8-15-23(26(24)27)20-12-6-4-10-18(20)2/h3-16H,1-2H3. The van der Waals surface area contributed by atoms with Gasteiger partial charge in [-0.05, 0) is 49.2 Å². The molecule has 0 amide bonds. The average molecular weight is 352 g/mol. The quantitative estimate of drug-likeness (QED) is 0.369. The summed E-state index contributed by atoms with van der Waals surface area (Å²) in [6, 6.07) is 27.4. The number of hydrogen-bond acceptors (Lipinski definition) is 2. The molecule has 0 unspecified atom stereocenters. The van der Waals surface area contributed by atoms with E-state index in [1.54, 1.807) is 0 Å². The third kappa shape index (κ3) is 3.20. The average Bonchev–Trinajstić information content (AvgIpc) is 2.69. The summed E-state index contributed by atoms with van der Waals surface area (Å²) < 4.78 is 0.978. The van der Waals surface area contributed by atoms with Gasteiger partial charge in [-0.25, -0.2) is 4.98 Å². The van der Waals surface area contributed by atoms with E-state index in [1.807, 2.05) is 79.7 Å². The van der Waals surface area contributed by atoms with Crippen LogP contribution in [0.25, 0.3) is 33.9 Å². The fourth-order valence-corrected chi connectivity index (χ4v) is 3.33. The van der Waals surface area contributed by atoms with Crippen molar-refractivity contribution in [3.63, 3.8) is 0 Å². The molecule has 0 radical (unpaired) electrons. The molecule has 132 valence electrons. The molecule has 4 aromatic rings. The summed E-state index contributed by atoms with van der Waals surface area (Å²) in [5.74, 6) is 0. The summed E-state index contributed by atoms with van der Waals surface area (Å²) in [6.07, 6.45) is 0. The first-order valence-electron chi connectivity index (χ1n) is 8.97. The second-order valence-corrected chi connectivity index (χ2v) is 6.63. The summed E-state index contributed by atoms with van der Waals surface area (Å²) in [6.45, 7) is 4.08. The number of pyridine rings is 2. The molecule has 0 saturated heterocycles. The lowest BCUT2D eigenvalue weighted by molar-refractivity contribution is -0.582. The Balaban J connectivity index is 1.84. The van der Waals surface area contributed by atoms with Gasteiger partial charge in [0.05, 0.1) is 11.3 Å². The topological polar surface area (TPSA) is 39.8 Å². The third-order valence-electron chi connectivity index (χ3n) is 4.80. The van der Waals surface area contributed by atoms with Crippen molar-refractivity contribution < 1.29 is 4.73 Å². The minimum absolute atomic E-state index is 0.547. The smallest absolute Gasteiger partial charge is 0.242 e. The molecule has 0 fully saturated rings. The van der Waals surface area contributed by atoms with Crippen LogP contribution >= 0.6 is 0 Å². The second-order valence-electron chi connectivity index (χ2n) is 6.63. The maximum absolute atomic E-state index is 13.1. The van der Waals surface area contributed by atoms with Crippen LogP contribution in [0.15, 0.2) is 84.9 Å². The zero-order valence-electron chi connectivity index (χ0n) is 15.4. The Bertz CT molecular complexity index is 1120. The normalized spacial score (nSPS) is 10.7. The molecule has 2 heterocycles. The number of aromatic nitrogens is 2. The number of rotatable bonds is 3. The molecule has 0 spiro atoms. The van der Waals surface area contributed by atoms with Gasteiger partial charge in [0.15, 0.2) is 0 Å². The van der Waals surface area contributed by atoms with E-state index in [4.69, 9.17) is 4.98 Å².